The van der Waals surface area contributed by atoms with E-state index in [4.69, 9.17) is 0 Å². The summed E-state index contributed by atoms with van der Waals surface area (Å²) in [6, 6.07) is 12.6. The minimum Gasteiger partial charge on any atom is -0.309 e. The van der Waals surface area contributed by atoms with Crippen molar-refractivity contribution in [1.29, 1.82) is 0 Å². The molecule has 3 heteroatoms. The van der Waals surface area contributed by atoms with Crippen molar-refractivity contribution >= 4 is 23.7 Å². The highest BCUT2D eigenvalue weighted by molar-refractivity contribution is 7.07. The number of thiophene rings is 1. The van der Waals surface area contributed by atoms with Crippen LogP contribution in [-0.2, 0) is 13.1 Å². The summed E-state index contributed by atoms with van der Waals surface area (Å²) in [5.74, 6) is 0. The molecular formula is C12H14ClNS. The van der Waals surface area contributed by atoms with Crippen molar-refractivity contribution in [2.45, 2.75) is 13.1 Å². The highest BCUT2D eigenvalue weighted by Crippen LogP contribution is 2.05. The maximum Gasteiger partial charge on any atom is 0.0216 e. The van der Waals surface area contributed by atoms with Gasteiger partial charge in [0.1, 0.15) is 0 Å². The summed E-state index contributed by atoms with van der Waals surface area (Å²) < 4.78 is 0. The van der Waals surface area contributed by atoms with Gasteiger partial charge in [-0.05, 0) is 28.0 Å². The lowest BCUT2D eigenvalue weighted by Gasteiger charge is -2.02. The molecule has 0 aliphatic carbocycles. The number of hydrogen-bond acceptors (Lipinski definition) is 2. The third kappa shape index (κ3) is 4.04. The summed E-state index contributed by atoms with van der Waals surface area (Å²) in [6.07, 6.45) is 0. The van der Waals surface area contributed by atoms with Crippen molar-refractivity contribution in [3.05, 3.63) is 58.3 Å². The topological polar surface area (TPSA) is 12.0 Å². The minimum atomic E-state index is 0. The first-order chi connectivity index (χ1) is 6.95. The van der Waals surface area contributed by atoms with E-state index in [1.54, 1.807) is 11.3 Å². The SMILES string of the molecule is Cl.c1ccc(CNCc2ccsc2)cc1. The second kappa shape index (κ2) is 6.62. The number of halogens is 1. The van der Waals surface area contributed by atoms with Crippen LogP contribution >= 0.6 is 23.7 Å². The van der Waals surface area contributed by atoms with Gasteiger partial charge in [-0.2, -0.15) is 11.3 Å². The first-order valence-corrected chi connectivity index (χ1v) is 5.65. The van der Waals surface area contributed by atoms with E-state index in [-0.39, 0.29) is 12.4 Å². The summed E-state index contributed by atoms with van der Waals surface area (Å²) in [5, 5.41) is 7.70. The molecular weight excluding hydrogens is 226 g/mol. The molecule has 0 bridgehead atoms. The predicted molar refractivity (Wildman–Crippen MR) is 68.6 cm³/mol. The quantitative estimate of drug-likeness (QED) is 0.862. The Morgan fingerprint density at radius 1 is 0.933 bits per heavy atom. The molecule has 0 spiro atoms. The van der Waals surface area contributed by atoms with Gasteiger partial charge in [-0.1, -0.05) is 30.3 Å². The van der Waals surface area contributed by atoms with Crippen molar-refractivity contribution in [1.82, 2.24) is 5.32 Å². The third-order valence-corrected chi connectivity index (χ3v) is 2.81. The van der Waals surface area contributed by atoms with Crippen molar-refractivity contribution in [3.8, 4) is 0 Å². The van der Waals surface area contributed by atoms with Crippen LogP contribution in [0.15, 0.2) is 47.2 Å². The molecule has 1 N–H and O–H groups in total. The summed E-state index contributed by atoms with van der Waals surface area (Å²) in [6.45, 7) is 1.90. The normalized spacial score (nSPS) is 9.60. The maximum absolute atomic E-state index is 3.41. The molecule has 0 amide bonds. The molecule has 0 fully saturated rings. The lowest BCUT2D eigenvalue weighted by molar-refractivity contribution is 0.695. The standard InChI is InChI=1S/C12H13NS.ClH/c1-2-4-11(5-3-1)8-13-9-12-6-7-14-10-12;/h1-7,10,13H,8-9H2;1H. The lowest BCUT2D eigenvalue weighted by Crippen LogP contribution is -2.11. The molecule has 0 aliphatic heterocycles. The molecule has 0 saturated carbocycles. The highest BCUT2D eigenvalue weighted by Gasteiger charge is 1.93. The molecule has 0 unspecified atom stereocenters. The van der Waals surface area contributed by atoms with Gasteiger partial charge in [-0.3, -0.25) is 0 Å². The van der Waals surface area contributed by atoms with Crippen LogP contribution < -0.4 is 5.32 Å². The zero-order chi connectivity index (χ0) is 9.64. The number of hydrogen-bond donors (Lipinski definition) is 1. The molecule has 2 aromatic rings. The Bertz CT molecular complexity index is 358. The van der Waals surface area contributed by atoms with Crippen LogP contribution in [0.25, 0.3) is 0 Å². The molecule has 0 aliphatic rings. The van der Waals surface area contributed by atoms with Crippen molar-refractivity contribution in [2.24, 2.45) is 0 Å². The Morgan fingerprint density at radius 3 is 2.33 bits per heavy atom. The van der Waals surface area contributed by atoms with Gasteiger partial charge in [0, 0.05) is 13.1 Å². The van der Waals surface area contributed by atoms with E-state index in [0.717, 1.165) is 13.1 Å². The number of nitrogens with one attached hydrogen (secondary N) is 1. The lowest BCUT2D eigenvalue weighted by atomic mass is 10.2. The molecule has 0 radical (unpaired) electrons. The molecule has 0 atom stereocenters. The highest BCUT2D eigenvalue weighted by atomic mass is 35.5. The largest absolute Gasteiger partial charge is 0.309 e. The van der Waals surface area contributed by atoms with Crippen molar-refractivity contribution in [2.75, 3.05) is 0 Å². The Morgan fingerprint density at radius 2 is 1.67 bits per heavy atom. The molecule has 2 rings (SSSR count). The van der Waals surface area contributed by atoms with Crippen LogP contribution in [0.4, 0.5) is 0 Å². The zero-order valence-corrected chi connectivity index (χ0v) is 9.98. The molecule has 15 heavy (non-hydrogen) atoms. The summed E-state index contributed by atoms with van der Waals surface area (Å²) >= 11 is 1.75. The molecule has 1 aromatic carbocycles. The van der Waals surface area contributed by atoms with E-state index < -0.39 is 0 Å². The predicted octanol–water partition coefficient (Wildman–Crippen LogP) is 3.46. The Labute approximate surface area is 101 Å². The molecule has 1 aromatic heterocycles. The van der Waals surface area contributed by atoms with Gasteiger partial charge in [-0.15, -0.1) is 12.4 Å². The molecule has 0 saturated heterocycles. The fourth-order valence-electron chi connectivity index (χ4n) is 1.34. The van der Waals surface area contributed by atoms with Gasteiger partial charge in [0.15, 0.2) is 0 Å². The average Bonchev–Trinajstić information content (AvgIpc) is 2.72. The number of benzene rings is 1. The minimum absolute atomic E-state index is 0. The van der Waals surface area contributed by atoms with Crippen LogP contribution in [0.5, 0.6) is 0 Å². The van der Waals surface area contributed by atoms with Gasteiger partial charge >= 0.3 is 0 Å². The van der Waals surface area contributed by atoms with Gasteiger partial charge in [0.25, 0.3) is 0 Å². The summed E-state index contributed by atoms with van der Waals surface area (Å²) in [5.41, 5.74) is 2.70. The molecule has 1 heterocycles. The van der Waals surface area contributed by atoms with Crippen LogP contribution in [0, 0.1) is 0 Å². The van der Waals surface area contributed by atoms with E-state index in [9.17, 15) is 0 Å². The first-order valence-electron chi connectivity index (χ1n) is 4.71. The number of rotatable bonds is 4. The van der Waals surface area contributed by atoms with Crippen LogP contribution in [0.3, 0.4) is 0 Å². The fourth-order valence-corrected chi connectivity index (χ4v) is 2.01. The maximum atomic E-state index is 3.41. The smallest absolute Gasteiger partial charge is 0.0216 e. The second-order valence-electron chi connectivity index (χ2n) is 3.22. The third-order valence-electron chi connectivity index (χ3n) is 2.08. The molecule has 80 valence electrons. The van der Waals surface area contributed by atoms with Crippen molar-refractivity contribution in [3.63, 3.8) is 0 Å². The van der Waals surface area contributed by atoms with Gasteiger partial charge in [0.05, 0.1) is 0 Å². The van der Waals surface area contributed by atoms with E-state index in [1.165, 1.54) is 11.1 Å². The zero-order valence-electron chi connectivity index (χ0n) is 8.35. The fraction of sp³-hybridized carbons (Fsp3) is 0.167. The average molecular weight is 240 g/mol. The first kappa shape index (κ1) is 12.2. The van der Waals surface area contributed by atoms with Gasteiger partial charge in [-0.25, -0.2) is 0 Å². The Kier molecular flexibility index (Phi) is 5.40. The monoisotopic (exact) mass is 239 g/mol. The summed E-state index contributed by atoms with van der Waals surface area (Å²) in [4.78, 5) is 0. The van der Waals surface area contributed by atoms with E-state index in [1.807, 2.05) is 6.07 Å². The Balaban J connectivity index is 0.00000112. The van der Waals surface area contributed by atoms with Crippen LogP contribution in [0.2, 0.25) is 0 Å². The van der Waals surface area contributed by atoms with E-state index >= 15 is 0 Å². The van der Waals surface area contributed by atoms with Gasteiger partial charge in [0.2, 0.25) is 0 Å². The van der Waals surface area contributed by atoms with E-state index in [2.05, 4.69) is 46.4 Å². The van der Waals surface area contributed by atoms with E-state index in [0.29, 0.717) is 0 Å². The van der Waals surface area contributed by atoms with Crippen LogP contribution in [0.1, 0.15) is 11.1 Å². The van der Waals surface area contributed by atoms with Gasteiger partial charge < -0.3 is 5.32 Å². The molecule has 1 nitrogen and oxygen atoms in total. The second-order valence-corrected chi connectivity index (χ2v) is 4.00. The van der Waals surface area contributed by atoms with Crippen LogP contribution in [-0.4, -0.2) is 0 Å². The Hall–Kier alpha value is -0.830. The summed E-state index contributed by atoms with van der Waals surface area (Å²) in [7, 11) is 0. The van der Waals surface area contributed by atoms with Crippen molar-refractivity contribution < 1.29 is 0 Å².